The Labute approximate surface area is 222 Å². The number of carbonyl (C=O) groups excluding carboxylic acids is 2. The van der Waals surface area contributed by atoms with Crippen molar-refractivity contribution >= 4 is 35.0 Å². The first-order chi connectivity index (χ1) is 17.6. The fourth-order valence-corrected chi connectivity index (χ4v) is 7.72. The minimum atomic E-state index is -4.56. The number of phosphoric acid groups is 1. The van der Waals surface area contributed by atoms with E-state index >= 15 is 0 Å². The highest BCUT2D eigenvalue weighted by Gasteiger charge is 2.64. The molecule has 2 N–H and O–H groups in total. The summed E-state index contributed by atoms with van der Waals surface area (Å²) in [6, 6.07) is 0. The van der Waals surface area contributed by atoms with Gasteiger partial charge < -0.3 is 32.7 Å². The van der Waals surface area contributed by atoms with E-state index < -0.39 is 66.0 Å². The zero-order valence-corrected chi connectivity index (χ0v) is 25.6. The summed E-state index contributed by atoms with van der Waals surface area (Å²) in [6.45, 7) is 3.32. The van der Waals surface area contributed by atoms with Gasteiger partial charge in [-0.3, -0.25) is 37.6 Å². The summed E-state index contributed by atoms with van der Waals surface area (Å²) in [5.74, 6) is -1.13. The quantitative estimate of drug-likeness (QED) is 0.0825. The minimum Gasteiger partial charge on any atom is -0.462 e. The molecule has 38 heavy (non-hydrogen) atoms. The maximum Gasteiger partial charge on any atom is 0.474 e. The highest BCUT2D eigenvalue weighted by Crippen LogP contribution is 2.74. The molecular formula is C19H40NO15P3. The lowest BCUT2D eigenvalue weighted by Crippen LogP contribution is -2.47. The van der Waals surface area contributed by atoms with Crippen molar-refractivity contribution in [2.75, 3.05) is 61.9 Å². The normalized spacial score (nSPS) is 15.2. The number of hydrogen-bond donors (Lipinski definition) is 2. The molecule has 19 heteroatoms. The number of hydrogen-bond acceptors (Lipinski definition) is 16. The molecule has 0 aromatic rings. The second-order valence-corrected chi connectivity index (χ2v) is 14.7. The smallest absolute Gasteiger partial charge is 0.462 e. The number of nitrogens with one attached hydrogen (secondary N) is 1. The zero-order valence-electron chi connectivity index (χ0n) is 22.9. The van der Waals surface area contributed by atoms with Gasteiger partial charge in [-0.2, -0.15) is 0 Å². The van der Waals surface area contributed by atoms with Crippen LogP contribution in [0.4, 0.5) is 0 Å². The lowest BCUT2D eigenvalue weighted by Gasteiger charge is -2.36. The third kappa shape index (κ3) is 10.7. The van der Waals surface area contributed by atoms with Crippen molar-refractivity contribution in [1.29, 1.82) is 0 Å². The van der Waals surface area contributed by atoms with Crippen LogP contribution in [0, 0.1) is 5.92 Å². The van der Waals surface area contributed by atoms with Crippen molar-refractivity contribution < 1.29 is 69.5 Å². The topological polar surface area (TPSA) is 201 Å². The summed E-state index contributed by atoms with van der Waals surface area (Å²) in [7, 11) is -8.61. The Kier molecular flexibility index (Phi) is 16.8. The molecule has 0 amide bonds. The average Bonchev–Trinajstić information content (AvgIpc) is 2.90. The van der Waals surface area contributed by atoms with Gasteiger partial charge in [-0.25, -0.2) is 4.57 Å². The van der Waals surface area contributed by atoms with Crippen molar-refractivity contribution in [2.24, 2.45) is 5.92 Å². The zero-order chi connectivity index (χ0) is 29.6. The Hall–Kier alpha value is -0.730. The molecule has 2 atom stereocenters. The van der Waals surface area contributed by atoms with Crippen LogP contribution in [0.1, 0.15) is 33.6 Å². The maximum atomic E-state index is 12.9. The van der Waals surface area contributed by atoms with Gasteiger partial charge in [0.15, 0.2) is 6.10 Å². The van der Waals surface area contributed by atoms with Crippen molar-refractivity contribution in [3.05, 3.63) is 0 Å². The molecule has 0 radical (unpaired) electrons. The molecule has 0 rings (SSSR count). The second kappa shape index (κ2) is 17.2. The van der Waals surface area contributed by atoms with Gasteiger partial charge in [0.2, 0.25) is 0 Å². The molecular weight excluding hydrogens is 575 g/mol. The van der Waals surface area contributed by atoms with Crippen LogP contribution in [0.5, 0.6) is 0 Å². The largest absolute Gasteiger partial charge is 0.474 e. The second-order valence-electron chi connectivity index (χ2n) is 7.79. The van der Waals surface area contributed by atoms with Crippen LogP contribution in [0.25, 0.3) is 0 Å². The van der Waals surface area contributed by atoms with Gasteiger partial charge in [-0.05, 0) is 5.92 Å². The van der Waals surface area contributed by atoms with Crippen LogP contribution in [0.3, 0.4) is 0 Å². The van der Waals surface area contributed by atoms with Gasteiger partial charge in [0.05, 0.1) is 13.2 Å². The van der Waals surface area contributed by atoms with E-state index in [4.69, 9.17) is 41.1 Å². The molecule has 0 spiro atoms. The van der Waals surface area contributed by atoms with Gasteiger partial charge >= 0.3 is 40.2 Å². The molecule has 0 aromatic carbocycles. The van der Waals surface area contributed by atoms with E-state index in [1.54, 1.807) is 6.92 Å². The number of ether oxygens (including phenoxy) is 2. The Bertz CT molecular complexity index is 841. The van der Waals surface area contributed by atoms with Gasteiger partial charge in [0, 0.05) is 54.9 Å². The van der Waals surface area contributed by atoms with Crippen molar-refractivity contribution in [3.8, 4) is 0 Å². The van der Waals surface area contributed by atoms with Crippen LogP contribution in [0.2, 0.25) is 0 Å². The van der Waals surface area contributed by atoms with E-state index in [-0.39, 0.29) is 25.4 Å². The van der Waals surface area contributed by atoms with Gasteiger partial charge in [-0.15, -0.1) is 0 Å². The van der Waals surface area contributed by atoms with E-state index in [0.29, 0.717) is 0 Å². The Morgan fingerprint density at radius 3 is 1.79 bits per heavy atom. The van der Waals surface area contributed by atoms with Gasteiger partial charge in [0.1, 0.15) is 6.61 Å². The summed E-state index contributed by atoms with van der Waals surface area (Å²) < 4.78 is 83.2. The summed E-state index contributed by atoms with van der Waals surface area (Å²) in [4.78, 5) is 23.6. The summed E-state index contributed by atoms with van der Waals surface area (Å²) in [5.41, 5.74) is 0. The van der Waals surface area contributed by atoms with Crippen LogP contribution in [-0.4, -0.2) is 90.3 Å². The number of esters is 2. The number of phosphoric ester groups is 1. The molecule has 0 saturated carbocycles. The highest BCUT2D eigenvalue weighted by molar-refractivity contribution is 7.73. The van der Waals surface area contributed by atoms with Crippen LogP contribution < -0.4 is 5.32 Å². The fourth-order valence-electron chi connectivity index (χ4n) is 2.67. The molecule has 0 fully saturated rings. The van der Waals surface area contributed by atoms with Gasteiger partial charge in [0.25, 0.3) is 0 Å². The van der Waals surface area contributed by atoms with E-state index in [1.807, 2.05) is 13.8 Å². The van der Waals surface area contributed by atoms with Crippen molar-refractivity contribution in [3.63, 3.8) is 0 Å². The molecule has 0 aliphatic rings. The third-order valence-electron chi connectivity index (χ3n) is 4.67. The molecule has 0 aliphatic carbocycles. The summed E-state index contributed by atoms with van der Waals surface area (Å²) in [6.07, 6.45) is -0.939. The van der Waals surface area contributed by atoms with E-state index in [9.17, 15) is 28.4 Å². The Morgan fingerprint density at radius 1 is 0.842 bits per heavy atom. The third-order valence-corrected chi connectivity index (χ3v) is 11.3. The van der Waals surface area contributed by atoms with Crippen LogP contribution in [-0.2, 0) is 64.4 Å². The molecule has 0 bridgehead atoms. The van der Waals surface area contributed by atoms with Crippen molar-refractivity contribution in [2.45, 2.75) is 44.9 Å². The van der Waals surface area contributed by atoms with Crippen LogP contribution in [0.15, 0.2) is 0 Å². The lowest BCUT2D eigenvalue weighted by molar-refractivity contribution is -0.161. The lowest BCUT2D eigenvalue weighted by atomic mass is 10.1. The molecule has 2 unspecified atom stereocenters. The summed E-state index contributed by atoms with van der Waals surface area (Å²) >= 11 is 0. The maximum absolute atomic E-state index is 12.9. The molecule has 16 nitrogen and oxygen atoms in total. The van der Waals surface area contributed by atoms with E-state index in [0.717, 1.165) is 35.5 Å². The van der Waals surface area contributed by atoms with E-state index in [1.165, 1.54) is 0 Å². The first kappa shape index (κ1) is 37.3. The average molecular weight is 615 g/mol. The monoisotopic (exact) mass is 615 g/mol. The van der Waals surface area contributed by atoms with Crippen LogP contribution >= 0.6 is 23.0 Å². The molecule has 0 aromatic heterocycles. The minimum absolute atomic E-state index is 0.000132. The number of carbonyl (C=O) groups is 2. The van der Waals surface area contributed by atoms with Crippen molar-refractivity contribution in [1.82, 2.24) is 5.32 Å². The standard InChI is InChI=1S/C19H40NO15P3/c1-9-17(21)32-13-16(35-18(22)12-15(2)3)14-34-38(26,31-8)33-11-10-20-19(23,36(24,27-4)28-5)37(25,29-6)30-7/h15-16,20,23H,9-14H2,1-8H3. The molecule has 0 saturated heterocycles. The summed E-state index contributed by atoms with van der Waals surface area (Å²) in [5, 5.41) is 10.3. The molecule has 226 valence electrons. The first-order valence-electron chi connectivity index (χ1n) is 11.4. The number of rotatable bonds is 21. The first-order valence-corrected chi connectivity index (χ1v) is 15.9. The number of aliphatic hydroxyl groups is 1. The predicted octanol–water partition coefficient (Wildman–Crippen LogP) is 2.85. The SMILES string of the molecule is CCC(=O)OCC(COP(=O)(OC)OCCNC(O)(P(=O)(OC)OC)P(=O)(OC)OC)OC(=O)CC(C)C. The predicted molar refractivity (Wildman–Crippen MR) is 133 cm³/mol. The molecule has 0 aliphatic heterocycles. The van der Waals surface area contributed by atoms with E-state index in [2.05, 4.69) is 5.32 Å². The van der Waals surface area contributed by atoms with Gasteiger partial charge in [-0.1, -0.05) is 20.8 Å². The molecule has 0 heterocycles. The fraction of sp³-hybridized carbons (Fsp3) is 0.895. The highest BCUT2D eigenvalue weighted by atomic mass is 31.2. The Morgan fingerprint density at radius 2 is 1.37 bits per heavy atom. The Balaban J connectivity index is 5.40.